The number of aromatic nitrogens is 2. The van der Waals surface area contributed by atoms with E-state index in [-0.39, 0.29) is 49.6 Å². The summed E-state index contributed by atoms with van der Waals surface area (Å²) in [5.74, 6) is -6.07. The first-order valence-corrected chi connectivity index (χ1v) is 19.0. The summed E-state index contributed by atoms with van der Waals surface area (Å²) in [5.41, 5.74) is 14.3. The van der Waals surface area contributed by atoms with Gasteiger partial charge in [0.25, 0.3) is 5.89 Å². The number of oxazole rings is 1. The minimum atomic E-state index is -1.39. The fraction of sp³-hybridized carbons (Fsp3) is 0.415. The van der Waals surface area contributed by atoms with Gasteiger partial charge in [-0.05, 0) is 68.1 Å². The Morgan fingerprint density at radius 1 is 0.804 bits per heavy atom. The number of fused-ring (bicyclic) bond motifs is 1. The van der Waals surface area contributed by atoms with Crippen LogP contribution < -0.4 is 22.1 Å². The Morgan fingerprint density at radius 2 is 1.45 bits per heavy atom. The van der Waals surface area contributed by atoms with Gasteiger partial charge in [-0.1, -0.05) is 61.8 Å². The molecule has 0 bridgehead atoms. The number of ketones is 4. The summed E-state index contributed by atoms with van der Waals surface area (Å²) in [7, 11) is 0. The van der Waals surface area contributed by atoms with Crippen LogP contribution in [-0.4, -0.2) is 81.3 Å². The molecule has 0 saturated heterocycles. The molecule has 0 radical (unpaired) electrons. The first kappa shape index (κ1) is 43.6. The monoisotopic (exact) mass is 788 g/mol. The molecular weight excluding hydrogens is 740 g/mol. The molecule has 0 aliphatic heterocycles. The number of Topliss-reactive ketones (excluding diaryl/α,β-unsaturated/α-hetero) is 4. The number of nitrogens with one attached hydrogen (secondary N) is 2. The normalized spacial score (nSPS) is 14.6. The Bertz CT molecular complexity index is 1970. The van der Waals surface area contributed by atoms with Crippen LogP contribution in [-0.2, 0) is 19.2 Å². The maximum atomic E-state index is 13.5. The predicted molar refractivity (Wildman–Crippen MR) is 211 cm³/mol. The van der Waals surface area contributed by atoms with Crippen molar-refractivity contribution in [3.8, 4) is 11.1 Å². The van der Waals surface area contributed by atoms with Gasteiger partial charge in [-0.3, -0.25) is 28.8 Å². The zero-order valence-electron chi connectivity index (χ0n) is 31.7. The van der Waals surface area contributed by atoms with E-state index in [0.29, 0.717) is 35.5 Å². The molecule has 15 heteroatoms. The van der Waals surface area contributed by atoms with Crippen molar-refractivity contribution in [2.45, 2.75) is 77.5 Å². The van der Waals surface area contributed by atoms with Crippen LogP contribution in [0, 0.1) is 17.8 Å². The van der Waals surface area contributed by atoms with E-state index < -0.39 is 65.1 Å². The van der Waals surface area contributed by atoms with Crippen molar-refractivity contribution < 1.29 is 38.3 Å². The zero-order valence-corrected chi connectivity index (χ0v) is 32.5. The van der Waals surface area contributed by atoms with Gasteiger partial charge in [-0.25, -0.2) is 9.97 Å². The van der Waals surface area contributed by atoms with Crippen LogP contribution in [0.2, 0.25) is 5.02 Å². The smallest absolute Gasteiger partial charge is 0.266 e. The molecule has 2 amide bonds. The number of unbranched alkanes of at least 4 members (excludes halogenated alkanes) is 1. The number of nitrogens with zero attached hydrogens (tertiary/aromatic N) is 2. The van der Waals surface area contributed by atoms with Gasteiger partial charge in [0.1, 0.15) is 11.6 Å². The standard InChI is InChI=1S/C41H49ClN6O8/c1-23(37(53)41-47-32-8-6-18-45-40(32)56-41)19-34(51)31(7-4-5-17-43)46-38(54)24(2)20-35(52)36(25(3)49)48-39(55)29(22-44)21-33(50)28-11-9-26(10-12-28)27-13-15-30(42)16-14-27/h6,8-16,18,23-25,29,31,36,49H,4-5,7,17,19-22,43-44H2,1-3H3,(H,46,54)(H,48,55)/t23-,24-,25-,29+,31+,36+/m1/s1. The Balaban J connectivity index is 1.34. The van der Waals surface area contributed by atoms with Crippen molar-refractivity contribution in [3.05, 3.63) is 83.3 Å². The lowest BCUT2D eigenvalue weighted by molar-refractivity contribution is -0.135. The number of rotatable bonds is 22. The fourth-order valence-electron chi connectivity index (χ4n) is 6.12. The third-order valence-corrected chi connectivity index (χ3v) is 9.79. The second kappa shape index (κ2) is 20.7. The van der Waals surface area contributed by atoms with E-state index in [1.54, 1.807) is 55.5 Å². The van der Waals surface area contributed by atoms with Gasteiger partial charge >= 0.3 is 0 Å². The van der Waals surface area contributed by atoms with Crippen molar-refractivity contribution in [1.82, 2.24) is 20.6 Å². The Labute approximate surface area is 330 Å². The van der Waals surface area contributed by atoms with E-state index in [0.717, 1.165) is 11.1 Å². The largest absolute Gasteiger partial charge is 0.415 e. The Kier molecular flexibility index (Phi) is 16.1. The molecule has 0 aliphatic rings. The molecule has 14 nitrogen and oxygen atoms in total. The van der Waals surface area contributed by atoms with Gasteiger partial charge in [-0.2, -0.15) is 0 Å². The predicted octanol–water partition coefficient (Wildman–Crippen LogP) is 4.24. The molecule has 0 spiro atoms. The number of amides is 2. The van der Waals surface area contributed by atoms with Crippen LogP contribution in [0.4, 0.5) is 0 Å². The molecule has 4 aromatic rings. The van der Waals surface area contributed by atoms with Crippen LogP contribution in [0.5, 0.6) is 0 Å². The summed E-state index contributed by atoms with van der Waals surface area (Å²) in [6, 6.07) is 15.1. The first-order chi connectivity index (χ1) is 26.7. The maximum Gasteiger partial charge on any atom is 0.266 e. The second-order valence-electron chi connectivity index (χ2n) is 14.1. The molecule has 0 aliphatic carbocycles. The van der Waals surface area contributed by atoms with Crippen molar-refractivity contribution in [3.63, 3.8) is 0 Å². The summed E-state index contributed by atoms with van der Waals surface area (Å²) < 4.78 is 5.47. The highest BCUT2D eigenvalue weighted by Gasteiger charge is 2.33. The van der Waals surface area contributed by atoms with Gasteiger partial charge in [0.2, 0.25) is 23.3 Å². The lowest BCUT2D eigenvalue weighted by Gasteiger charge is -2.25. The molecule has 0 unspecified atom stereocenters. The van der Waals surface area contributed by atoms with Gasteiger partial charge in [0.05, 0.1) is 18.1 Å². The number of pyridine rings is 1. The van der Waals surface area contributed by atoms with E-state index in [4.69, 9.17) is 27.5 Å². The lowest BCUT2D eigenvalue weighted by Crippen LogP contribution is -2.51. The molecule has 7 N–H and O–H groups in total. The van der Waals surface area contributed by atoms with Crippen molar-refractivity contribution in [2.24, 2.45) is 29.2 Å². The summed E-state index contributed by atoms with van der Waals surface area (Å²) in [6.07, 6.45) is 0.727. The van der Waals surface area contributed by atoms with Crippen molar-refractivity contribution >= 4 is 57.8 Å². The molecule has 2 aromatic carbocycles. The number of hydrogen-bond donors (Lipinski definition) is 5. The van der Waals surface area contributed by atoms with Crippen LogP contribution in [0.25, 0.3) is 22.4 Å². The first-order valence-electron chi connectivity index (χ1n) is 18.6. The number of nitrogens with two attached hydrogens (primary N) is 2. The molecular formula is C41H49ClN6O8. The molecule has 298 valence electrons. The van der Waals surface area contributed by atoms with Crippen molar-refractivity contribution in [2.75, 3.05) is 13.1 Å². The van der Waals surface area contributed by atoms with E-state index >= 15 is 0 Å². The minimum absolute atomic E-state index is 0.167. The molecule has 0 saturated carbocycles. The lowest BCUT2D eigenvalue weighted by atomic mass is 9.92. The highest BCUT2D eigenvalue weighted by atomic mass is 35.5. The molecule has 0 fully saturated rings. The Hall–Kier alpha value is -5.15. The highest BCUT2D eigenvalue weighted by molar-refractivity contribution is 6.30. The molecule has 2 aromatic heterocycles. The molecule has 56 heavy (non-hydrogen) atoms. The average molecular weight is 789 g/mol. The quantitative estimate of drug-likeness (QED) is 0.0555. The number of carbonyl (C=O) groups is 6. The van der Waals surface area contributed by atoms with Crippen molar-refractivity contribution in [1.29, 1.82) is 0 Å². The van der Waals surface area contributed by atoms with Crippen LogP contribution in [0.15, 0.2) is 71.3 Å². The second-order valence-corrected chi connectivity index (χ2v) is 14.5. The van der Waals surface area contributed by atoms with E-state index in [1.165, 1.54) is 20.0 Å². The number of carbonyl (C=O) groups excluding carboxylic acids is 6. The number of aliphatic hydroxyl groups is 1. The summed E-state index contributed by atoms with van der Waals surface area (Å²) in [4.78, 5) is 87.9. The third-order valence-electron chi connectivity index (χ3n) is 9.54. The van der Waals surface area contributed by atoms with Crippen LogP contribution >= 0.6 is 11.6 Å². The number of benzene rings is 2. The highest BCUT2D eigenvalue weighted by Crippen LogP contribution is 2.23. The number of hydrogen-bond acceptors (Lipinski definition) is 12. The topological polar surface area (TPSA) is 238 Å². The van der Waals surface area contributed by atoms with E-state index in [1.807, 2.05) is 12.1 Å². The van der Waals surface area contributed by atoms with Crippen LogP contribution in [0.3, 0.4) is 0 Å². The van der Waals surface area contributed by atoms with E-state index in [9.17, 15) is 33.9 Å². The zero-order chi connectivity index (χ0) is 40.9. The third kappa shape index (κ3) is 11.9. The molecule has 6 atom stereocenters. The average Bonchev–Trinajstić information content (AvgIpc) is 3.62. The number of aliphatic hydroxyl groups excluding tert-OH is 1. The van der Waals surface area contributed by atoms with Gasteiger partial charge in [0, 0.05) is 54.4 Å². The van der Waals surface area contributed by atoms with E-state index in [2.05, 4.69) is 20.6 Å². The van der Waals surface area contributed by atoms with Crippen LogP contribution in [0.1, 0.15) is 80.3 Å². The molecule has 4 rings (SSSR count). The number of halogens is 1. The SMILES string of the molecule is C[C@H](CC(=O)[C@@H](NC(=O)[C@H](CN)CC(=O)c1ccc(-c2ccc(Cl)cc2)cc1)[C@@H](C)O)C(=O)N[C@@H](CCCCN)C(=O)C[C@@H](C)C(=O)c1nc2cccnc2o1. The minimum Gasteiger partial charge on any atom is -0.415 e. The summed E-state index contributed by atoms with van der Waals surface area (Å²) in [5, 5.41) is 16.3. The summed E-state index contributed by atoms with van der Waals surface area (Å²) in [6.45, 7) is 4.56. The summed E-state index contributed by atoms with van der Waals surface area (Å²) >= 11 is 5.98. The Morgan fingerprint density at radius 3 is 2.05 bits per heavy atom. The maximum absolute atomic E-state index is 13.5. The van der Waals surface area contributed by atoms with Gasteiger partial charge < -0.3 is 31.6 Å². The van der Waals surface area contributed by atoms with Gasteiger partial charge in [-0.15, -0.1) is 0 Å². The molecule has 2 heterocycles. The fourth-order valence-corrected chi connectivity index (χ4v) is 6.25. The van der Waals surface area contributed by atoms with Gasteiger partial charge in [0.15, 0.2) is 17.3 Å².